The average molecular weight is 184 g/mol. The quantitative estimate of drug-likeness (QED) is 0.671. The van der Waals surface area contributed by atoms with Crippen molar-refractivity contribution in [3.63, 3.8) is 0 Å². The topological polar surface area (TPSA) is 29.5 Å². The summed E-state index contributed by atoms with van der Waals surface area (Å²) in [6, 6.07) is 0. The van der Waals surface area contributed by atoms with Gasteiger partial charge in [0, 0.05) is 7.11 Å². The molecule has 0 amide bonds. The van der Waals surface area contributed by atoms with Crippen molar-refractivity contribution in [1.82, 2.24) is 0 Å². The van der Waals surface area contributed by atoms with E-state index in [4.69, 9.17) is 4.74 Å². The zero-order chi connectivity index (χ0) is 9.59. The van der Waals surface area contributed by atoms with Gasteiger partial charge in [0.05, 0.1) is 12.2 Å². The van der Waals surface area contributed by atoms with E-state index in [-0.39, 0.29) is 6.10 Å². The number of methoxy groups -OCH3 is 1. The van der Waals surface area contributed by atoms with Gasteiger partial charge in [-0.2, -0.15) is 0 Å². The largest absolute Gasteiger partial charge is 0.393 e. The normalized spacial score (nSPS) is 55.4. The van der Waals surface area contributed by atoms with Crippen molar-refractivity contribution in [3.05, 3.63) is 0 Å². The van der Waals surface area contributed by atoms with Gasteiger partial charge in [-0.05, 0) is 36.5 Å². The number of rotatable bonds is 1. The predicted octanol–water partition coefficient (Wildman–Crippen LogP) is 1.67. The van der Waals surface area contributed by atoms with E-state index in [9.17, 15) is 5.11 Å². The number of aliphatic hydroxyl groups is 1. The second-order valence-electron chi connectivity index (χ2n) is 4.88. The molecule has 2 rings (SSSR count). The van der Waals surface area contributed by atoms with Gasteiger partial charge in [0.2, 0.25) is 0 Å². The number of fused-ring (bicyclic) bond motifs is 2. The minimum atomic E-state index is -0.0913. The summed E-state index contributed by atoms with van der Waals surface area (Å²) < 4.78 is 5.54. The van der Waals surface area contributed by atoms with E-state index >= 15 is 0 Å². The lowest BCUT2D eigenvalue weighted by molar-refractivity contribution is -0.00487. The van der Waals surface area contributed by atoms with Crippen LogP contribution in [-0.4, -0.2) is 24.4 Å². The summed E-state index contributed by atoms with van der Waals surface area (Å²) in [4.78, 5) is 0. The van der Waals surface area contributed by atoms with E-state index in [2.05, 4.69) is 13.8 Å². The maximum absolute atomic E-state index is 9.83. The number of aliphatic hydroxyl groups excluding tert-OH is 1. The molecule has 0 aromatic rings. The fourth-order valence-corrected chi connectivity index (χ4v) is 3.38. The molecule has 0 aliphatic heterocycles. The van der Waals surface area contributed by atoms with Gasteiger partial charge in [-0.1, -0.05) is 13.8 Å². The molecule has 0 radical (unpaired) electrons. The first-order valence-electron chi connectivity index (χ1n) is 5.36. The highest BCUT2D eigenvalue weighted by Crippen LogP contribution is 2.49. The Balaban J connectivity index is 2.18. The summed E-state index contributed by atoms with van der Waals surface area (Å²) in [6.07, 6.45) is 2.54. The predicted molar refractivity (Wildman–Crippen MR) is 51.3 cm³/mol. The fraction of sp³-hybridized carbons (Fsp3) is 1.00. The standard InChI is InChI=1S/C11H20O2/c1-6-8-4-9(11(6)13-3)7(2)10(12)5-8/h6-12H,4-5H2,1-3H3/t6-,7+,8-,9+,10?,11+/m0/s1. The maximum atomic E-state index is 9.83. The van der Waals surface area contributed by atoms with Crippen LogP contribution in [0.15, 0.2) is 0 Å². The third-order valence-electron chi connectivity index (χ3n) is 4.36. The van der Waals surface area contributed by atoms with Gasteiger partial charge in [0.1, 0.15) is 0 Å². The monoisotopic (exact) mass is 184 g/mol. The van der Waals surface area contributed by atoms with Crippen molar-refractivity contribution in [3.8, 4) is 0 Å². The molecule has 2 bridgehead atoms. The highest BCUT2D eigenvalue weighted by Gasteiger charge is 2.49. The minimum absolute atomic E-state index is 0.0913. The molecule has 1 N–H and O–H groups in total. The zero-order valence-electron chi connectivity index (χ0n) is 8.73. The van der Waals surface area contributed by atoms with Gasteiger partial charge < -0.3 is 9.84 Å². The second-order valence-corrected chi connectivity index (χ2v) is 4.88. The van der Waals surface area contributed by atoms with Crippen molar-refractivity contribution in [1.29, 1.82) is 0 Å². The Kier molecular flexibility index (Phi) is 2.37. The fourth-order valence-electron chi connectivity index (χ4n) is 3.38. The molecule has 76 valence electrons. The van der Waals surface area contributed by atoms with Crippen LogP contribution in [0.4, 0.5) is 0 Å². The third kappa shape index (κ3) is 1.31. The van der Waals surface area contributed by atoms with E-state index in [0.717, 1.165) is 6.42 Å². The van der Waals surface area contributed by atoms with Crippen LogP contribution in [0.1, 0.15) is 26.7 Å². The number of ether oxygens (including phenoxy) is 1. The summed E-state index contributed by atoms with van der Waals surface area (Å²) in [6.45, 7) is 4.43. The molecule has 2 saturated carbocycles. The molecule has 1 unspecified atom stereocenters. The zero-order valence-corrected chi connectivity index (χ0v) is 8.73. The van der Waals surface area contributed by atoms with E-state index in [0.29, 0.717) is 29.8 Å². The third-order valence-corrected chi connectivity index (χ3v) is 4.36. The molecule has 0 heterocycles. The molecule has 13 heavy (non-hydrogen) atoms. The molecule has 6 atom stereocenters. The summed E-state index contributed by atoms with van der Waals surface area (Å²) >= 11 is 0. The van der Waals surface area contributed by atoms with Gasteiger partial charge in [-0.25, -0.2) is 0 Å². The molecule has 0 aromatic carbocycles. The lowest BCUT2D eigenvalue weighted by atomic mass is 9.78. The van der Waals surface area contributed by atoms with Crippen LogP contribution in [0.3, 0.4) is 0 Å². The van der Waals surface area contributed by atoms with E-state index in [1.165, 1.54) is 6.42 Å². The van der Waals surface area contributed by atoms with Gasteiger partial charge in [0.25, 0.3) is 0 Å². The summed E-state index contributed by atoms with van der Waals surface area (Å²) in [5.41, 5.74) is 0. The molecule has 2 nitrogen and oxygen atoms in total. The second kappa shape index (κ2) is 3.25. The average Bonchev–Trinajstić information content (AvgIpc) is 2.37. The van der Waals surface area contributed by atoms with Crippen molar-refractivity contribution in [2.45, 2.75) is 38.9 Å². The summed E-state index contributed by atoms with van der Waals surface area (Å²) in [5, 5.41) is 9.83. The Morgan fingerprint density at radius 3 is 2.46 bits per heavy atom. The first kappa shape index (κ1) is 9.47. The number of hydrogen-bond acceptors (Lipinski definition) is 2. The van der Waals surface area contributed by atoms with Gasteiger partial charge in [-0.15, -0.1) is 0 Å². The van der Waals surface area contributed by atoms with Crippen molar-refractivity contribution >= 4 is 0 Å². The Morgan fingerprint density at radius 1 is 1.15 bits per heavy atom. The van der Waals surface area contributed by atoms with E-state index in [1.54, 1.807) is 7.11 Å². The molecule has 0 aromatic heterocycles. The Labute approximate surface area is 80.3 Å². The molecular weight excluding hydrogens is 164 g/mol. The Bertz CT molecular complexity index is 193. The van der Waals surface area contributed by atoms with Crippen LogP contribution in [0.25, 0.3) is 0 Å². The van der Waals surface area contributed by atoms with Crippen LogP contribution in [0.5, 0.6) is 0 Å². The number of hydrogen-bond donors (Lipinski definition) is 1. The Morgan fingerprint density at radius 2 is 1.85 bits per heavy atom. The summed E-state index contributed by atoms with van der Waals surface area (Å²) in [5.74, 6) is 2.34. The highest BCUT2D eigenvalue weighted by molar-refractivity contribution is 4.98. The van der Waals surface area contributed by atoms with E-state index in [1.807, 2.05) is 0 Å². The van der Waals surface area contributed by atoms with E-state index < -0.39 is 0 Å². The van der Waals surface area contributed by atoms with Crippen LogP contribution >= 0.6 is 0 Å². The first-order valence-corrected chi connectivity index (χ1v) is 5.36. The molecular formula is C11H20O2. The molecule has 0 saturated heterocycles. The minimum Gasteiger partial charge on any atom is -0.393 e. The van der Waals surface area contributed by atoms with Crippen molar-refractivity contribution in [2.24, 2.45) is 23.7 Å². The SMILES string of the molecule is CO[C@@H]1[C@@H](C)[C@@H]2CC(O)[C@H](C)[C@H]1C2. The molecule has 2 fully saturated rings. The van der Waals surface area contributed by atoms with Crippen molar-refractivity contribution in [2.75, 3.05) is 7.11 Å². The smallest absolute Gasteiger partial charge is 0.0631 e. The lowest BCUT2D eigenvalue weighted by Gasteiger charge is -2.32. The first-order chi connectivity index (χ1) is 6.15. The molecule has 2 aliphatic rings. The van der Waals surface area contributed by atoms with Gasteiger partial charge in [0.15, 0.2) is 0 Å². The van der Waals surface area contributed by atoms with Crippen LogP contribution < -0.4 is 0 Å². The Hall–Kier alpha value is -0.0800. The lowest BCUT2D eigenvalue weighted by Crippen LogP contribution is -2.33. The van der Waals surface area contributed by atoms with Gasteiger partial charge >= 0.3 is 0 Å². The molecule has 2 heteroatoms. The van der Waals surface area contributed by atoms with Crippen LogP contribution in [0, 0.1) is 23.7 Å². The van der Waals surface area contributed by atoms with Crippen molar-refractivity contribution < 1.29 is 9.84 Å². The van der Waals surface area contributed by atoms with Crippen LogP contribution in [0.2, 0.25) is 0 Å². The maximum Gasteiger partial charge on any atom is 0.0631 e. The molecule has 0 spiro atoms. The summed E-state index contributed by atoms with van der Waals surface area (Å²) in [7, 11) is 1.81. The molecule has 2 aliphatic carbocycles. The highest BCUT2D eigenvalue weighted by atomic mass is 16.5. The van der Waals surface area contributed by atoms with Gasteiger partial charge in [-0.3, -0.25) is 0 Å². The van der Waals surface area contributed by atoms with Crippen LogP contribution in [-0.2, 0) is 4.74 Å².